The molecule has 0 bridgehead atoms. The Balaban J connectivity index is 0.00000341. The second kappa shape index (κ2) is 13.6. The summed E-state index contributed by atoms with van der Waals surface area (Å²) in [5.41, 5.74) is 2.65. The highest BCUT2D eigenvalue weighted by molar-refractivity contribution is 14.0. The summed E-state index contributed by atoms with van der Waals surface area (Å²) in [6.45, 7) is 16.4. The van der Waals surface area contributed by atoms with Gasteiger partial charge in [0.05, 0.1) is 25.8 Å². The van der Waals surface area contributed by atoms with E-state index in [1.54, 1.807) is 0 Å². The Morgan fingerprint density at radius 2 is 1.84 bits per heavy atom. The van der Waals surface area contributed by atoms with Crippen LogP contribution in [0.4, 0.5) is 0 Å². The van der Waals surface area contributed by atoms with Crippen LogP contribution >= 0.6 is 24.0 Å². The molecule has 3 rings (SSSR count). The number of nitrogens with zero attached hydrogens (tertiary/aromatic N) is 3. The topological polar surface area (TPSA) is 52.1 Å². The molecule has 0 aliphatic carbocycles. The maximum atomic E-state index is 5.59. The molecule has 2 fully saturated rings. The van der Waals surface area contributed by atoms with E-state index in [0.29, 0.717) is 12.1 Å². The summed E-state index contributed by atoms with van der Waals surface area (Å²) in [6, 6.07) is 10.3. The van der Waals surface area contributed by atoms with Crippen molar-refractivity contribution in [1.82, 2.24) is 20.4 Å². The van der Waals surface area contributed by atoms with E-state index in [4.69, 9.17) is 9.73 Å². The van der Waals surface area contributed by atoms with Crippen LogP contribution in [-0.4, -0.2) is 80.3 Å². The lowest BCUT2D eigenvalue weighted by molar-refractivity contribution is 0.0179. The zero-order valence-corrected chi connectivity index (χ0v) is 22.1. The van der Waals surface area contributed by atoms with Crippen molar-refractivity contribution in [1.29, 1.82) is 0 Å². The summed E-state index contributed by atoms with van der Waals surface area (Å²) in [6.07, 6.45) is 2.35. The lowest BCUT2D eigenvalue weighted by Gasteiger charge is -2.36. The molecule has 0 spiro atoms. The van der Waals surface area contributed by atoms with Gasteiger partial charge in [0.25, 0.3) is 0 Å². The fraction of sp³-hybridized carbons (Fsp3) is 0.708. The van der Waals surface area contributed by atoms with Crippen LogP contribution in [0.25, 0.3) is 0 Å². The number of benzene rings is 1. The van der Waals surface area contributed by atoms with E-state index in [9.17, 15) is 0 Å². The van der Waals surface area contributed by atoms with Crippen LogP contribution in [0.15, 0.2) is 29.3 Å². The number of aryl methyl sites for hydroxylation is 1. The van der Waals surface area contributed by atoms with Crippen molar-refractivity contribution >= 4 is 29.9 Å². The molecule has 176 valence electrons. The van der Waals surface area contributed by atoms with Crippen molar-refractivity contribution in [2.45, 2.75) is 58.7 Å². The van der Waals surface area contributed by atoms with E-state index in [2.05, 4.69) is 72.4 Å². The van der Waals surface area contributed by atoms with Gasteiger partial charge in [0.1, 0.15) is 0 Å². The molecule has 2 heterocycles. The molecule has 2 N–H and O–H groups in total. The molecule has 7 heteroatoms. The SMILES string of the molecule is CCNC(=NCC(c1cccc(C)c1)N1CCOCC1)NC1CCN(C(C)C)CC1.I. The lowest BCUT2D eigenvalue weighted by Crippen LogP contribution is -2.50. The largest absolute Gasteiger partial charge is 0.379 e. The summed E-state index contributed by atoms with van der Waals surface area (Å²) in [5.74, 6) is 0.950. The van der Waals surface area contributed by atoms with Gasteiger partial charge in [-0.3, -0.25) is 9.89 Å². The van der Waals surface area contributed by atoms with Crippen molar-refractivity contribution in [3.63, 3.8) is 0 Å². The average Bonchev–Trinajstić information content (AvgIpc) is 2.75. The van der Waals surface area contributed by atoms with Crippen LogP contribution in [-0.2, 0) is 4.74 Å². The monoisotopic (exact) mass is 543 g/mol. The van der Waals surface area contributed by atoms with Crippen molar-refractivity contribution in [2.75, 3.05) is 52.5 Å². The van der Waals surface area contributed by atoms with Gasteiger partial charge in [-0.25, -0.2) is 0 Å². The first-order valence-electron chi connectivity index (χ1n) is 11.7. The number of ether oxygens (including phenoxy) is 1. The molecule has 0 amide bonds. The Labute approximate surface area is 206 Å². The van der Waals surface area contributed by atoms with Crippen LogP contribution in [0, 0.1) is 6.92 Å². The Bertz CT molecular complexity index is 670. The minimum absolute atomic E-state index is 0. The van der Waals surface area contributed by atoms with E-state index in [1.807, 2.05) is 0 Å². The predicted molar refractivity (Wildman–Crippen MR) is 141 cm³/mol. The molecule has 1 aromatic rings. The first-order valence-corrected chi connectivity index (χ1v) is 11.7. The Morgan fingerprint density at radius 3 is 2.45 bits per heavy atom. The molecule has 6 nitrogen and oxygen atoms in total. The van der Waals surface area contributed by atoms with Gasteiger partial charge in [0, 0.05) is 44.8 Å². The third kappa shape index (κ3) is 8.18. The molecule has 0 aromatic heterocycles. The Morgan fingerprint density at radius 1 is 1.13 bits per heavy atom. The smallest absolute Gasteiger partial charge is 0.191 e. The van der Waals surface area contributed by atoms with Gasteiger partial charge in [0.2, 0.25) is 0 Å². The fourth-order valence-electron chi connectivity index (χ4n) is 4.45. The lowest BCUT2D eigenvalue weighted by atomic mass is 10.0. The van der Waals surface area contributed by atoms with Gasteiger partial charge in [-0.2, -0.15) is 0 Å². The first kappa shape index (κ1) is 26.4. The first-order chi connectivity index (χ1) is 14.6. The number of guanidine groups is 1. The molecule has 0 saturated carbocycles. The number of nitrogens with one attached hydrogen (secondary N) is 2. The zero-order chi connectivity index (χ0) is 21.3. The molecule has 1 unspecified atom stereocenters. The molecular formula is C24H42IN5O. The quantitative estimate of drug-likeness (QED) is 0.314. The average molecular weight is 544 g/mol. The highest BCUT2D eigenvalue weighted by Crippen LogP contribution is 2.23. The minimum atomic E-state index is 0. The molecule has 0 radical (unpaired) electrons. The summed E-state index contributed by atoms with van der Waals surface area (Å²) in [5, 5.41) is 7.17. The third-order valence-electron chi connectivity index (χ3n) is 6.28. The Hall–Kier alpha value is -0.900. The molecule has 1 aromatic carbocycles. The molecule has 31 heavy (non-hydrogen) atoms. The molecule has 1 atom stereocenters. The van der Waals surface area contributed by atoms with Crippen LogP contribution in [0.1, 0.15) is 50.8 Å². The van der Waals surface area contributed by atoms with Crippen molar-refractivity contribution < 1.29 is 4.74 Å². The van der Waals surface area contributed by atoms with Crippen LogP contribution in [0.2, 0.25) is 0 Å². The number of morpholine rings is 1. The third-order valence-corrected chi connectivity index (χ3v) is 6.28. The number of piperidine rings is 1. The van der Waals surface area contributed by atoms with E-state index in [0.717, 1.165) is 58.4 Å². The van der Waals surface area contributed by atoms with E-state index < -0.39 is 0 Å². The van der Waals surface area contributed by atoms with Gasteiger partial charge in [-0.05, 0) is 46.1 Å². The highest BCUT2D eigenvalue weighted by Gasteiger charge is 2.24. The van der Waals surface area contributed by atoms with Gasteiger partial charge in [0.15, 0.2) is 5.96 Å². The maximum Gasteiger partial charge on any atom is 0.191 e. The molecule has 2 saturated heterocycles. The van der Waals surface area contributed by atoms with Crippen LogP contribution < -0.4 is 10.6 Å². The minimum Gasteiger partial charge on any atom is -0.379 e. The fourth-order valence-corrected chi connectivity index (χ4v) is 4.45. The number of hydrogen-bond acceptors (Lipinski definition) is 4. The zero-order valence-electron chi connectivity index (χ0n) is 19.8. The van der Waals surface area contributed by atoms with Gasteiger partial charge in [-0.1, -0.05) is 29.8 Å². The second-order valence-electron chi connectivity index (χ2n) is 8.85. The summed E-state index contributed by atoms with van der Waals surface area (Å²) in [7, 11) is 0. The summed E-state index contributed by atoms with van der Waals surface area (Å²) in [4.78, 5) is 10.1. The summed E-state index contributed by atoms with van der Waals surface area (Å²) < 4.78 is 5.59. The van der Waals surface area contributed by atoms with Gasteiger partial charge < -0.3 is 20.3 Å². The maximum absolute atomic E-state index is 5.59. The van der Waals surface area contributed by atoms with E-state index >= 15 is 0 Å². The number of rotatable bonds is 7. The normalized spacial score (nSPS) is 20.4. The van der Waals surface area contributed by atoms with Crippen molar-refractivity contribution in [3.05, 3.63) is 35.4 Å². The number of aliphatic imine (C=N–C) groups is 1. The number of likely N-dealkylation sites (tertiary alicyclic amines) is 1. The molecule has 2 aliphatic heterocycles. The summed E-state index contributed by atoms with van der Waals surface area (Å²) >= 11 is 0. The number of halogens is 1. The number of hydrogen-bond donors (Lipinski definition) is 2. The standard InChI is InChI=1S/C24H41N5O.HI/c1-5-25-24(27-22-9-11-28(12-10-22)19(2)3)26-18-23(29-13-15-30-16-14-29)21-8-6-7-20(4)17-21;/h6-8,17,19,22-23H,5,9-16,18H2,1-4H3,(H2,25,26,27);1H. The van der Waals surface area contributed by atoms with Crippen LogP contribution in [0.5, 0.6) is 0 Å². The van der Waals surface area contributed by atoms with E-state index in [1.165, 1.54) is 24.0 Å². The van der Waals surface area contributed by atoms with Gasteiger partial charge >= 0.3 is 0 Å². The second-order valence-corrected chi connectivity index (χ2v) is 8.85. The van der Waals surface area contributed by atoms with Crippen molar-refractivity contribution in [2.24, 2.45) is 4.99 Å². The van der Waals surface area contributed by atoms with Gasteiger partial charge in [-0.15, -0.1) is 24.0 Å². The van der Waals surface area contributed by atoms with Crippen molar-refractivity contribution in [3.8, 4) is 0 Å². The van der Waals surface area contributed by atoms with Crippen LogP contribution in [0.3, 0.4) is 0 Å². The Kier molecular flexibility index (Phi) is 11.6. The van der Waals surface area contributed by atoms with E-state index in [-0.39, 0.29) is 30.0 Å². The highest BCUT2D eigenvalue weighted by atomic mass is 127. The predicted octanol–water partition coefficient (Wildman–Crippen LogP) is 3.41. The molecular weight excluding hydrogens is 501 g/mol. The molecule has 2 aliphatic rings.